The Morgan fingerprint density at radius 2 is 2.15 bits per heavy atom. The number of carbonyl (C=O) groups is 1. The van der Waals surface area contributed by atoms with Gasteiger partial charge >= 0.3 is 0 Å². The number of rotatable bonds is 3. The zero-order valence-electron chi connectivity index (χ0n) is 10.8. The van der Waals surface area contributed by atoms with Crippen LogP contribution in [-0.2, 0) is 6.54 Å². The van der Waals surface area contributed by atoms with E-state index in [4.69, 9.17) is 28.9 Å². The number of hydrogen-bond acceptors (Lipinski definition) is 3. The Morgan fingerprint density at radius 3 is 2.85 bits per heavy atom. The molecule has 0 saturated heterocycles. The van der Waals surface area contributed by atoms with Gasteiger partial charge in [-0.2, -0.15) is 0 Å². The Balaban J connectivity index is 2.15. The lowest BCUT2D eigenvalue weighted by atomic mass is 10.1. The summed E-state index contributed by atoms with van der Waals surface area (Å²) in [5, 5.41) is 3.23. The molecular weight excluding hydrogens is 297 g/mol. The molecule has 2 aromatic rings. The normalized spacial score (nSPS) is 10.3. The van der Waals surface area contributed by atoms with Crippen LogP contribution in [0, 0.1) is 6.92 Å². The maximum absolute atomic E-state index is 12.1. The van der Waals surface area contributed by atoms with Gasteiger partial charge in [-0.25, -0.2) is 0 Å². The highest BCUT2D eigenvalue weighted by Gasteiger charge is 2.14. The number of nitrogens with zero attached hydrogens (tertiary/aromatic N) is 1. The molecule has 0 aliphatic heterocycles. The van der Waals surface area contributed by atoms with Crippen molar-refractivity contribution in [2.45, 2.75) is 13.5 Å². The van der Waals surface area contributed by atoms with Crippen molar-refractivity contribution in [1.29, 1.82) is 0 Å². The first-order valence-electron chi connectivity index (χ1n) is 5.91. The number of hydrogen-bond donors (Lipinski definition) is 2. The molecular formula is C14H13Cl2N3O. The molecule has 3 N–H and O–H groups in total. The smallest absolute Gasteiger partial charge is 0.253 e. The van der Waals surface area contributed by atoms with Gasteiger partial charge in [0.25, 0.3) is 5.91 Å². The van der Waals surface area contributed by atoms with Gasteiger partial charge < -0.3 is 11.1 Å². The summed E-state index contributed by atoms with van der Waals surface area (Å²) >= 11 is 11.9. The van der Waals surface area contributed by atoms with Gasteiger partial charge in [-0.15, -0.1) is 0 Å². The van der Waals surface area contributed by atoms with E-state index in [1.165, 1.54) is 12.1 Å². The van der Waals surface area contributed by atoms with Crippen LogP contribution in [0.5, 0.6) is 0 Å². The Hall–Kier alpha value is -1.78. The van der Waals surface area contributed by atoms with E-state index >= 15 is 0 Å². The van der Waals surface area contributed by atoms with Crippen LogP contribution < -0.4 is 11.1 Å². The van der Waals surface area contributed by atoms with Crippen LogP contribution in [0.15, 0.2) is 30.6 Å². The van der Waals surface area contributed by atoms with E-state index in [-0.39, 0.29) is 21.5 Å². The highest BCUT2D eigenvalue weighted by Crippen LogP contribution is 2.28. The zero-order valence-corrected chi connectivity index (χ0v) is 12.3. The molecule has 6 heteroatoms. The highest BCUT2D eigenvalue weighted by molar-refractivity contribution is 6.44. The van der Waals surface area contributed by atoms with Gasteiger partial charge in [0.2, 0.25) is 0 Å². The monoisotopic (exact) mass is 309 g/mol. The average Bonchev–Trinajstić information content (AvgIpc) is 2.41. The molecule has 1 aromatic carbocycles. The van der Waals surface area contributed by atoms with Crippen molar-refractivity contribution < 1.29 is 4.79 Å². The second-order valence-corrected chi connectivity index (χ2v) is 5.13. The molecule has 0 bridgehead atoms. The maximum atomic E-state index is 12.1. The quantitative estimate of drug-likeness (QED) is 0.855. The Kier molecular flexibility index (Phi) is 4.47. The molecule has 1 amide bonds. The van der Waals surface area contributed by atoms with E-state index in [1.807, 2.05) is 13.0 Å². The van der Waals surface area contributed by atoms with Crippen molar-refractivity contribution in [2.75, 3.05) is 5.73 Å². The first-order chi connectivity index (χ1) is 9.49. The standard InChI is InChI=1S/C14H13Cl2N3O/c1-8-2-3-18-6-9(8)7-19-14(20)11-4-10(17)5-12(15)13(11)16/h2-6H,7,17H2,1H3,(H,19,20). The first kappa shape index (κ1) is 14.6. The number of aromatic nitrogens is 1. The van der Waals surface area contributed by atoms with Crippen LogP contribution in [0.2, 0.25) is 10.0 Å². The number of pyridine rings is 1. The fraction of sp³-hybridized carbons (Fsp3) is 0.143. The van der Waals surface area contributed by atoms with Crippen molar-refractivity contribution >= 4 is 34.8 Å². The molecule has 0 aliphatic carbocycles. The zero-order chi connectivity index (χ0) is 14.7. The maximum Gasteiger partial charge on any atom is 0.253 e. The molecule has 0 aliphatic rings. The number of aryl methyl sites for hydroxylation is 1. The van der Waals surface area contributed by atoms with Crippen molar-refractivity contribution in [3.05, 3.63) is 57.3 Å². The molecule has 1 aromatic heterocycles. The molecule has 0 saturated carbocycles. The number of nitrogens with two attached hydrogens (primary N) is 1. The third-order valence-corrected chi connectivity index (χ3v) is 3.68. The summed E-state index contributed by atoms with van der Waals surface area (Å²) in [7, 11) is 0. The summed E-state index contributed by atoms with van der Waals surface area (Å²) in [5.74, 6) is -0.326. The van der Waals surface area contributed by atoms with Crippen molar-refractivity contribution in [3.8, 4) is 0 Å². The molecule has 0 atom stereocenters. The molecule has 0 spiro atoms. The van der Waals surface area contributed by atoms with Gasteiger partial charge in [0.1, 0.15) is 0 Å². The number of anilines is 1. The number of halogens is 2. The largest absolute Gasteiger partial charge is 0.399 e. The Morgan fingerprint density at radius 1 is 1.40 bits per heavy atom. The summed E-state index contributed by atoms with van der Waals surface area (Å²) in [6, 6.07) is 4.89. The third-order valence-electron chi connectivity index (χ3n) is 2.88. The summed E-state index contributed by atoms with van der Waals surface area (Å²) < 4.78 is 0. The lowest BCUT2D eigenvalue weighted by molar-refractivity contribution is 0.0951. The Labute approximate surface area is 126 Å². The van der Waals surface area contributed by atoms with E-state index in [0.29, 0.717) is 12.2 Å². The second kappa shape index (κ2) is 6.11. The number of benzene rings is 1. The summed E-state index contributed by atoms with van der Waals surface area (Å²) in [6.07, 6.45) is 3.42. The van der Waals surface area contributed by atoms with Gasteiger partial charge in [-0.3, -0.25) is 9.78 Å². The molecule has 0 radical (unpaired) electrons. The van der Waals surface area contributed by atoms with E-state index in [0.717, 1.165) is 11.1 Å². The van der Waals surface area contributed by atoms with Gasteiger partial charge in [0.15, 0.2) is 0 Å². The predicted molar refractivity (Wildman–Crippen MR) is 81.0 cm³/mol. The van der Waals surface area contributed by atoms with Gasteiger partial charge in [0.05, 0.1) is 15.6 Å². The summed E-state index contributed by atoms with van der Waals surface area (Å²) in [5.41, 5.74) is 8.31. The Bertz CT molecular complexity index is 659. The molecule has 1 heterocycles. The van der Waals surface area contributed by atoms with Crippen molar-refractivity contribution in [3.63, 3.8) is 0 Å². The fourth-order valence-electron chi connectivity index (χ4n) is 1.73. The van der Waals surface area contributed by atoms with Gasteiger partial charge in [-0.1, -0.05) is 23.2 Å². The van der Waals surface area contributed by atoms with Crippen molar-refractivity contribution in [1.82, 2.24) is 10.3 Å². The number of carbonyl (C=O) groups excluding carboxylic acids is 1. The number of amides is 1. The van der Waals surface area contributed by atoms with E-state index in [1.54, 1.807) is 12.4 Å². The van der Waals surface area contributed by atoms with E-state index in [2.05, 4.69) is 10.3 Å². The van der Waals surface area contributed by atoms with Gasteiger partial charge in [0, 0.05) is 24.6 Å². The van der Waals surface area contributed by atoms with Crippen LogP contribution in [0.1, 0.15) is 21.5 Å². The molecule has 4 nitrogen and oxygen atoms in total. The first-order valence-corrected chi connectivity index (χ1v) is 6.67. The average molecular weight is 310 g/mol. The highest BCUT2D eigenvalue weighted by atomic mass is 35.5. The lowest BCUT2D eigenvalue weighted by Gasteiger charge is -2.10. The summed E-state index contributed by atoms with van der Waals surface area (Å²) in [4.78, 5) is 16.1. The topological polar surface area (TPSA) is 68.0 Å². The SMILES string of the molecule is Cc1ccncc1CNC(=O)c1cc(N)cc(Cl)c1Cl. The van der Waals surface area contributed by atoms with Crippen LogP contribution in [0.4, 0.5) is 5.69 Å². The predicted octanol–water partition coefficient (Wildman–Crippen LogP) is 3.21. The molecule has 0 fully saturated rings. The lowest BCUT2D eigenvalue weighted by Crippen LogP contribution is -2.23. The fourth-order valence-corrected chi connectivity index (χ4v) is 2.15. The molecule has 0 unspecified atom stereocenters. The summed E-state index contributed by atoms with van der Waals surface area (Å²) in [6.45, 7) is 2.31. The van der Waals surface area contributed by atoms with Crippen LogP contribution in [-0.4, -0.2) is 10.9 Å². The minimum Gasteiger partial charge on any atom is -0.399 e. The molecule has 20 heavy (non-hydrogen) atoms. The number of nitrogens with one attached hydrogen (secondary N) is 1. The molecule has 2 rings (SSSR count). The second-order valence-electron chi connectivity index (χ2n) is 4.35. The van der Waals surface area contributed by atoms with Crippen LogP contribution >= 0.6 is 23.2 Å². The number of nitrogen functional groups attached to an aromatic ring is 1. The van der Waals surface area contributed by atoms with Crippen LogP contribution in [0.25, 0.3) is 0 Å². The van der Waals surface area contributed by atoms with E-state index < -0.39 is 0 Å². The van der Waals surface area contributed by atoms with E-state index in [9.17, 15) is 4.79 Å². The van der Waals surface area contributed by atoms with Crippen molar-refractivity contribution in [2.24, 2.45) is 0 Å². The van der Waals surface area contributed by atoms with Crippen LogP contribution in [0.3, 0.4) is 0 Å². The third kappa shape index (κ3) is 3.21. The minimum atomic E-state index is -0.326. The van der Waals surface area contributed by atoms with Gasteiger partial charge in [-0.05, 0) is 36.2 Å². The molecule has 104 valence electrons. The minimum absolute atomic E-state index is 0.196.